The highest BCUT2D eigenvalue weighted by Crippen LogP contribution is 2.08. The minimum Gasteiger partial charge on any atom is -0.396 e. The standard InChI is InChI=1S/C8H10BClO/c9-8-2-1-7(10)5-6(8)3-4-11/h1-2,5,11H,3-4,9H2. The lowest BCUT2D eigenvalue weighted by Gasteiger charge is -2.03. The fraction of sp³-hybridized carbons (Fsp3) is 0.250. The Morgan fingerprint density at radius 2 is 2.18 bits per heavy atom. The Labute approximate surface area is 72.4 Å². The molecule has 1 N–H and O–H groups in total. The molecular weight excluding hydrogens is 158 g/mol. The third kappa shape index (κ3) is 2.24. The average molecular weight is 168 g/mol. The summed E-state index contributed by atoms with van der Waals surface area (Å²) in [5.41, 5.74) is 2.31. The molecule has 1 aromatic carbocycles. The summed E-state index contributed by atoms with van der Waals surface area (Å²) in [4.78, 5) is 0. The first kappa shape index (κ1) is 8.63. The fourth-order valence-electron chi connectivity index (χ4n) is 1.03. The van der Waals surface area contributed by atoms with E-state index < -0.39 is 0 Å². The highest BCUT2D eigenvalue weighted by atomic mass is 35.5. The van der Waals surface area contributed by atoms with E-state index in [2.05, 4.69) is 0 Å². The van der Waals surface area contributed by atoms with Gasteiger partial charge in [0.15, 0.2) is 0 Å². The van der Waals surface area contributed by atoms with Crippen LogP contribution in [0, 0.1) is 0 Å². The Bertz CT molecular complexity index is 250. The molecule has 58 valence electrons. The summed E-state index contributed by atoms with van der Waals surface area (Å²) >= 11 is 5.77. The first-order chi connectivity index (χ1) is 5.24. The van der Waals surface area contributed by atoms with Crippen LogP contribution >= 0.6 is 11.6 Å². The maximum Gasteiger partial charge on any atom is 0.139 e. The molecule has 3 heteroatoms. The van der Waals surface area contributed by atoms with E-state index in [0.717, 1.165) is 10.6 Å². The van der Waals surface area contributed by atoms with Crippen LogP contribution in [0.25, 0.3) is 0 Å². The van der Waals surface area contributed by atoms with Crippen LogP contribution in [-0.2, 0) is 6.42 Å². The van der Waals surface area contributed by atoms with Crippen molar-refractivity contribution in [3.8, 4) is 0 Å². The lowest BCUT2D eigenvalue weighted by Crippen LogP contribution is -2.10. The van der Waals surface area contributed by atoms with Gasteiger partial charge in [-0.3, -0.25) is 0 Å². The van der Waals surface area contributed by atoms with Crippen molar-refractivity contribution in [1.82, 2.24) is 0 Å². The van der Waals surface area contributed by atoms with Gasteiger partial charge in [-0.25, -0.2) is 0 Å². The number of aliphatic hydroxyl groups is 1. The van der Waals surface area contributed by atoms with Crippen LogP contribution in [-0.4, -0.2) is 19.6 Å². The van der Waals surface area contributed by atoms with Gasteiger partial charge in [0.1, 0.15) is 7.85 Å². The SMILES string of the molecule is Bc1ccc(Cl)cc1CCO. The van der Waals surface area contributed by atoms with Gasteiger partial charge in [0.05, 0.1) is 0 Å². The second-order valence-corrected chi connectivity index (χ2v) is 2.98. The first-order valence-corrected chi connectivity index (χ1v) is 3.97. The molecule has 0 bridgehead atoms. The monoisotopic (exact) mass is 168 g/mol. The van der Waals surface area contributed by atoms with E-state index in [1.165, 1.54) is 5.46 Å². The Morgan fingerprint density at radius 3 is 2.82 bits per heavy atom. The van der Waals surface area contributed by atoms with Gasteiger partial charge >= 0.3 is 0 Å². The van der Waals surface area contributed by atoms with Gasteiger partial charge in [0.25, 0.3) is 0 Å². The molecule has 0 saturated carbocycles. The van der Waals surface area contributed by atoms with Gasteiger partial charge in [-0.2, -0.15) is 0 Å². The molecule has 0 aliphatic heterocycles. The summed E-state index contributed by atoms with van der Waals surface area (Å²) in [6.45, 7) is 0.182. The first-order valence-electron chi connectivity index (χ1n) is 3.60. The van der Waals surface area contributed by atoms with Crippen LogP contribution in [0.3, 0.4) is 0 Å². The van der Waals surface area contributed by atoms with Crippen molar-refractivity contribution < 1.29 is 5.11 Å². The van der Waals surface area contributed by atoms with Gasteiger partial charge in [-0.15, -0.1) is 0 Å². The molecule has 0 saturated heterocycles. The van der Waals surface area contributed by atoms with Crippen LogP contribution in [0.2, 0.25) is 5.02 Å². The van der Waals surface area contributed by atoms with Gasteiger partial charge in [0, 0.05) is 11.6 Å². The second kappa shape index (κ2) is 3.79. The van der Waals surface area contributed by atoms with Crippen LogP contribution < -0.4 is 5.46 Å². The number of benzene rings is 1. The normalized spacial score (nSPS) is 10.0. The second-order valence-electron chi connectivity index (χ2n) is 2.54. The third-order valence-corrected chi connectivity index (χ3v) is 1.93. The number of hydrogen-bond donors (Lipinski definition) is 1. The largest absolute Gasteiger partial charge is 0.396 e. The lowest BCUT2D eigenvalue weighted by atomic mass is 9.89. The summed E-state index contributed by atoms with van der Waals surface area (Å²) in [6.07, 6.45) is 0.687. The lowest BCUT2D eigenvalue weighted by molar-refractivity contribution is 0.300. The maximum absolute atomic E-state index is 8.69. The molecule has 1 rings (SSSR count). The zero-order chi connectivity index (χ0) is 8.27. The zero-order valence-electron chi connectivity index (χ0n) is 6.47. The number of aliphatic hydroxyl groups excluding tert-OH is 1. The minimum atomic E-state index is 0.182. The highest BCUT2D eigenvalue weighted by Gasteiger charge is 1.97. The molecule has 0 spiro atoms. The molecule has 0 aromatic heterocycles. The van der Waals surface area contributed by atoms with E-state index in [1.54, 1.807) is 0 Å². The van der Waals surface area contributed by atoms with Crippen molar-refractivity contribution in [3.63, 3.8) is 0 Å². The van der Waals surface area contributed by atoms with E-state index in [9.17, 15) is 0 Å². The van der Waals surface area contributed by atoms with Crippen molar-refractivity contribution in [3.05, 3.63) is 28.8 Å². The average Bonchev–Trinajstić information content (AvgIpc) is 1.98. The predicted octanol–water partition coefficient (Wildman–Crippen LogP) is 0.133. The van der Waals surface area contributed by atoms with Crippen LogP contribution in [0.5, 0.6) is 0 Å². The van der Waals surface area contributed by atoms with Crippen molar-refractivity contribution in [1.29, 1.82) is 0 Å². The zero-order valence-corrected chi connectivity index (χ0v) is 7.23. The maximum atomic E-state index is 8.69. The summed E-state index contributed by atoms with van der Waals surface area (Å²) < 4.78 is 0. The van der Waals surface area contributed by atoms with Gasteiger partial charge in [-0.1, -0.05) is 28.7 Å². The summed E-state index contributed by atoms with van der Waals surface area (Å²) in [5, 5.41) is 9.43. The molecule has 1 aromatic rings. The topological polar surface area (TPSA) is 20.2 Å². The smallest absolute Gasteiger partial charge is 0.139 e. The Kier molecular flexibility index (Phi) is 2.97. The van der Waals surface area contributed by atoms with E-state index in [0.29, 0.717) is 6.42 Å². The van der Waals surface area contributed by atoms with Crippen molar-refractivity contribution >= 4 is 24.9 Å². The number of halogens is 1. The van der Waals surface area contributed by atoms with Gasteiger partial charge < -0.3 is 5.11 Å². The quantitative estimate of drug-likeness (QED) is 0.623. The van der Waals surface area contributed by atoms with Gasteiger partial charge in [0.2, 0.25) is 0 Å². The molecule has 0 heterocycles. The molecule has 0 aliphatic rings. The molecule has 0 fully saturated rings. The predicted molar refractivity (Wildman–Crippen MR) is 50.4 cm³/mol. The molecular formula is C8H10BClO. The van der Waals surface area contributed by atoms with Crippen molar-refractivity contribution in [2.45, 2.75) is 6.42 Å². The third-order valence-electron chi connectivity index (χ3n) is 1.69. The summed E-state index contributed by atoms with van der Waals surface area (Å²) in [6, 6.07) is 5.72. The van der Waals surface area contributed by atoms with Crippen molar-refractivity contribution in [2.24, 2.45) is 0 Å². The van der Waals surface area contributed by atoms with Crippen LogP contribution in [0.4, 0.5) is 0 Å². The Morgan fingerprint density at radius 1 is 1.45 bits per heavy atom. The number of hydrogen-bond acceptors (Lipinski definition) is 1. The molecule has 0 amide bonds. The van der Waals surface area contributed by atoms with Crippen molar-refractivity contribution in [2.75, 3.05) is 6.61 Å². The van der Waals surface area contributed by atoms with E-state index in [1.807, 2.05) is 26.0 Å². The minimum absolute atomic E-state index is 0.182. The highest BCUT2D eigenvalue weighted by molar-refractivity contribution is 6.35. The number of rotatable bonds is 2. The summed E-state index contributed by atoms with van der Waals surface area (Å²) in [5.74, 6) is 0. The van der Waals surface area contributed by atoms with Gasteiger partial charge in [-0.05, 0) is 18.6 Å². The molecule has 0 atom stereocenters. The molecule has 0 unspecified atom stereocenters. The molecule has 0 radical (unpaired) electrons. The molecule has 1 nitrogen and oxygen atoms in total. The Balaban J connectivity index is 2.93. The summed E-state index contributed by atoms with van der Waals surface area (Å²) in [7, 11) is 2.02. The van der Waals surface area contributed by atoms with Crippen LogP contribution in [0.1, 0.15) is 5.56 Å². The van der Waals surface area contributed by atoms with E-state index in [4.69, 9.17) is 16.7 Å². The molecule has 0 aliphatic carbocycles. The van der Waals surface area contributed by atoms with E-state index in [-0.39, 0.29) is 6.61 Å². The Hall–Kier alpha value is -0.465. The molecule has 11 heavy (non-hydrogen) atoms. The van der Waals surface area contributed by atoms with Crippen LogP contribution in [0.15, 0.2) is 18.2 Å². The van der Waals surface area contributed by atoms with E-state index >= 15 is 0 Å². The fourth-order valence-corrected chi connectivity index (χ4v) is 1.22.